The smallest absolute Gasteiger partial charge is 0.291 e. The molecule has 2 fully saturated rings. The molecule has 152 valence electrons. The van der Waals surface area contributed by atoms with E-state index < -0.39 is 0 Å². The molecule has 0 radical (unpaired) electrons. The average Bonchev–Trinajstić information content (AvgIpc) is 3.23. The van der Waals surface area contributed by atoms with Crippen LogP contribution in [0, 0.1) is 18.8 Å². The molecule has 8 heteroatoms. The Bertz CT molecular complexity index is 645. The zero-order valence-corrected chi connectivity index (χ0v) is 16.8. The Morgan fingerprint density at radius 2 is 1.96 bits per heavy atom. The number of methoxy groups -OCH3 is 1. The molecular weight excluding hydrogens is 350 g/mol. The first-order chi connectivity index (χ1) is 12.9. The average molecular weight is 381 g/mol. The highest BCUT2D eigenvalue weighted by molar-refractivity contribution is 5.92. The highest BCUT2D eigenvalue weighted by Gasteiger charge is 2.44. The maximum absolute atomic E-state index is 12.9. The number of fused-ring (bicyclic) bond motifs is 1. The van der Waals surface area contributed by atoms with Gasteiger partial charge in [0.2, 0.25) is 5.76 Å². The number of carboxylic acid groups (broad SMARTS) is 1. The highest BCUT2D eigenvalue weighted by Crippen LogP contribution is 2.39. The van der Waals surface area contributed by atoms with E-state index in [9.17, 15) is 4.79 Å². The monoisotopic (exact) mass is 381 g/mol. The van der Waals surface area contributed by atoms with E-state index in [-0.39, 0.29) is 18.5 Å². The standard InChI is InChI=1S/C18H29N3O3.CH2O2/c1-6-16-19-11(2)17(24-16)18(22)21-9-12-7-14(20(3)4)15(23-5)8-13(12)10-21;2-1-3/h12-15H,6-10H2,1-5H3;1H,(H,2,3)/t12-,13+,14-,15-;/m1./s1. The van der Waals surface area contributed by atoms with Gasteiger partial charge in [-0.15, -0.1) is 0 Å². The zero-order valence-electron chi connectivity index (χ0n) is 16.8. The van der Waals surface area contributed by atoms with Gasteiger partial charge >= 0.3 is 0 Å². The molecule has 0 unspecified atom stereocenters. The predicted molar refractivity (Wildman–Crippen MR) is 99.7 cm³/mol. The van der Waals surface area contributed by atoms with Crippen LogP contribution in [0.15, 0.2) is 4.42 Å². The van der Waals surface area contributed by atoms with Crippen LogP contribution < -0.4 is 0 Å². The van der Waals surface area contributed by atoms with Crippen LogP contribution in [0.4, 0.5) is 0 Å². The van der Waals surface area contributed by atoms with Crippen molar-refractivity contribution in [3.63, 3.8) is 0 Å². The number of oxazole rings is 1. The van der Waals surface area contributed by atoms with Gasteiger partial charge in [0.15, 0.2) is 5.89 Å². The van der Waals surface area contributed by atoms with E-state index in [4.69, 9.17) is 19.1 Å². The zero-order chi connectivity index (χ0) is 20.1. The quantitative estimate of drug-likeness (QED) is 0.793. The van der Waals surface area contributed by atoms with Crippen molar-refractivity contribution >= 4 is 12.4 Å². The molecule has 8 nitrogen and oxygen atoms in total. The molecule has 0 aromatic carbocycles. The second kappa shape index (κ2) is 9.32. The lowest BCUT2D eigenvalue weighted by atomic mass is 9.77. The minimum absolute atomic E-state index is 0.00975. The SMILES string of the molecule is CCc1nc(C)c(C(=O)N2C[C@H]3C[C@@H](N(C)C)[C@H](OC)C[C@H]3C2)o1.O=CO. The van der Waals surface area contributed by atoms with Crippen molar-refractivity contribution in [3.8, 4) is 0 Å². The summed E-state index contributed by atoms with van der Waals surface area (Å²) in [5.74, 6) is 2.10. The third-order valence-electron chi connectivity index (χ3n) is 5.68. The fraction of sp³-hybridized carbons (Fsp3) is 0.737. The Labute approximate surface area is 160 Å². The molecule has 1 aliphatic heterocycles. The summed E-state index contributed by atoms with van der Waals surface area (Å²) < 4.78 is 11.4. The Morgan fingerprint density at radius 1 is 1.37 bits per heavy atom. The van der Waals surface area contributed by atoms with Crippen LogP contribution in [0.1, 0.15) is 41.9 Å². The summed E-state index contributed by atoms with van der Waals surface area (Å²) in [6.07, 6.45) is 3.05. The van der Waals surface area contributed by atoms with Gasteiger partial charge in [-0.3, -0.25) is 9.59 Å². The maximum atomic E-state index is 12.9. The summed E-state index contributed by atoms with van der Waals surface area (Å²) in [5.41, 5.74) is 0.702. The van der Waals surface area contributed by atoms with Gasteiger partial charge in [0.05, 0.1) is 11.8 Å². The van der Waals surface area contributed by atoms with Gasteiger partial charge < -0.3 is 24.1 Å². The van der Waals surface area contributed by atoms with Crippen LogP contribution in [0.3, 0.4) is 0 Å². The second-order valence-electron chi connectivity index (χ2n) is 7.49. The minimum Gasteiger partial charge on any atom is -0.483 e. The number of nitrogens with zero attached hydrogens (tertiary/aromatic N) is 3. The Balaban J connectivity index is 0.000000817. The first-order valence-corrected chi connectivity index (χ1v) is 9.38. The topological polar surface area (TPSA) is 96.1 Å². The summed E-state index contributed by atoms with van der Waals surface area (Å²) in [6, 6.07) is 0.421. The van der Waals surface area contributed by atoms with E-state index in [1.54, 1.807) is 7.11 Å². The van der Waals surface area contributed by atoms with Crippen LogP contribution >= 0.6 is 0 Å². The largest absolute Gasteiger partial charge is 0.483 e. The number of amides is 1. The number of aryl methyl sites for hydroxylation is 2. The number of ether oxygens (including phenoxy) is 1. The normalized spacial score (nSPS) is 27.1. The number of hydrogen-bond acceptors (Lipinski definition) is 6. The number of carbonyl (C=O) groups excluding carboxylic acids is 1. The van der Waals surface area contributed by atoms with Crippen LogP contribution in [0.25, 0.3) is 0 Å². The number of likely N-dealkylation sites (N-methyl/N-ethyl adjacent to an activating group) is 1. The van der Waals surface area contributed by atoms with E-state index in [0.29, 0.717) is 41.6 Å². The van der Waals surface area contributed by atoms with Crippen LogP contribution in [-0.4, -0.2) is 78.7 Å². The molecule has 27 heavy (non-hydrogen) atoms. The minimum atomic E-state index is -0.250. The number of aromatic nitrogens is 1. The molecule has 1 N–H and O–H groups in total. The van der Waals surface area contributed by atoms with E-state index in [1.807, 2.05) is 18.7 Å². The van der Waals surface area contributed by atoms with Gasteiger partial charge in [-0.05, 0) is 45.7 Å². The lowest BCUT2D eigenvalue weighted by molar-refractivity contribution is -0.122. The summed E-state index contributed by atoms with van der Waals surface area (Å²) in [4.78, 5) is 29.8. The van der Waals surface area contributed by atoms with Gasteiger partial charge in [0.1, 0.15) is 0 Å². The molecule has 2 aliphatic rings. The fourth-order valence-corrected chi connectivity index (χ4v) is 4.30. The third-order valence-corrected chi connectivity index (χ3v) is 5.68. The molecule has 1 saturated heterocycles. The van der Waals surface area contributed by atoms with Crippen molar-refractivity contribution < 1.29 is 23.8 Å². The van der Waals surface area contributed by atoms with Gasteiger partial charge in [-0.1, -0.05) is 6.92 Å². The van der Waals surface area contributed by atoms with Gasteiger partial charge in [0, 0.05) is 32.7 Å². The molecule has 2 heterocycles. The van der Waals surface area contributed by atoms with Crippen LogP contribution in [0.2, 0.25) is 0 Å². The predicted octanol–water partition coefficient (Wildman–Crippen LogP) is 1.67. The highest BCUT2D eigenvalue weighted by atomic mass is 16.5. The molecular formula is C19H31N3O5. The number of likely N-dealkylation sites (tertiary alicyclic amines) is 1. The number of rotatable bonds is 4. The first kappa shape index (κ1) is 21.4. The first-order valence-electron chi connectivity index (χ1n) is 9.38. The van der Waals surface area contributed by atoms with Crippen molar-refractivity contribution in [3.05, 3.63) is 17.3 Å². The van der Waals surface area contributed by atoms with Gasteiger partial charge in [0.25, 0.3) is 12.4 Å². The Kier molecular flexibility index (Phi) is 7.38. The van der Waals surface area contributed by atoms with Crippen LogP contribution in [-0.2, 0) is 16.0 Å². The van der Waals surface area contributed by atoms with Crippen molar-refractivity contribution in [2.45, 2.75) is 45.3 Å². The van der Waals surface area contributed by atoms with Crippen molar-refractivity contribution in [2.75, 3.05) is 34.3 Å². The van der Waals surface area contributed by atoms with E-state index in [0.717, 1.165) is 25.9 Å². The van der Waals surface area contributed by atoms with Crippen molar-refractivity contribution in [1.82, 2.24) is 14.8 Å². The summed E-state index contributed by atoms with van der Waals surface area (Å²) in [7, 11) is 6.02. The summed E-state index contributed by atoms with van der Waals surface area (Å²) in [5, 5.41) is 6.89. The van der Waals surface area contributed by atoms with Crippen molar-refractivity contribution in [1.29, 1.82) is 0 Å². The lowest BCUT2D eigenvalue weighted by Gasteiger charge is -2.40. The Hall–Kier alpha value is -1.93. The summed E-state index contributed by atoms with van der Waals surface area (Å²) in [6.45, 7) is 5.19. The maximum Gasteiger partial charge on any atom is 0.291 e. The van der Waals surface area contributed by atoms with E-state index in [1.165, 1.54) is 0 Å². The van der Waals surface area contributed by atoms with Crippen molar-refractivity contribution in [2.24, 2.45) is 11.8 Å². The van der Waals surface area contributed by atoms with Crippen LogP contribution in [0.5, 0.6) is 0 Å². The lowest BCUT2D eigenvalue weighted by Crippen LogP contribution is -2.47. The number of hydrogen-bond donors (Lipinski definition) is 1. The molecule has 1 aromatic heterocycles. The third kappa shape index (κ3) is 4.68. The number of carbonyl (C=O) groups is 2. The molecule has 4 atom stereocenters. The fourth-order valence-electron chi connectivity index (χ4n) is 4.30. The molecule has 1 amide bonds. The van der Waals surface area contributed by atoms with E-state index in [2.05, 4.69) is 24.0 Å². The molecule has 1 saturated carbocycles. The van der Waals surface area contributed by atoms with E-state index >= 15 is 0 Å². The Morgan fingerprint density at radius 3 is 2.44 bits per heavy atom. The summed E-state index contributed by atoms with van der Waals surface area (Å²) >= 11 is 0. The molecule has 1 aliphatic carbocycles. The van der Waals surface area contributed by atoms with Gasteiger partial charge in [-0.25, -0.2) is 4.98 Å². The second-order valence-corrected chi connectivity index (χ2v) is 7.49. The molecule has 1 aromatic rings. The molecule has 0 bridgehead atoms. The molecule has 0 spiro atoms. The van der Waals surface area contributed by atoms with Gasteiger partial charge in [-0.2, -0.15) is 0 Å². The molecule has 3 rings (SSSR count).